The highest BCUT2D eigenvalue weighted by molar-refractivity contribution is 5.94. The number of aromatic nitrogens is 1. The highest BCUT2D eigenvalue weighted by atomic mass is 16.3. The van der Waals surface area contributed by atoms with E-state index < -0.39 is 6.10 Å². The smallest absolute Gasteiger partial charge is 0.320 e. The number of nitrogens with zero attached hydrogens (tertiary/aromatic N) is 5. The lowest BCUT2D eigenvalue weighted by atomic mass is 10.00. The highest BCUT2D eigenvalue weighted by Crippen LogP contribution is 2.20. The van der Waals surface area contributed by atoms with Crippen molar-refractivity contribution in [3.8, 4) is 0 Å². The van der Waals surface area contributed by atoms with Gasteiger partial charge in [0, 0.05) is 58.6 Å². The summed E-state index contributed by atoms with van der Waals surface area (Å²) in [7, 11) is 0. The molecule has 0 bridgehead atoms. The van der Waals surface area contributed by atoms with Gasteiger partial charge in [-0.25, -0.2) is 4.79 Å². The third-order valence-corrected chi connectivity index (χ3v) is 7.36. The van der Waals surface area contributed by atoms with Gasteiger partial charge in [0.05, 0.1) is 23.9 Å². The van der Waals surface area contributed by atoms with E-state index in [1.54, 1.807) is 16.0 Å². The Morgan fingerprint density at radius 1 is 0.914 bits per heavy atom. The van der Waals surface area contributed by atoms with Gasteiger partial charge in [0.25, 0.3) is 5.91 Å². The Balaban J connectivity index is 1.10. The standard InChI is InChI=1S/C27H35N5O3/c33-25(19-29-13-10-21-6-2-3-7-23(21)17-29)20-32-15-14-31(27(32)35)18-24-9-8-22(16-28-24)26(34)30-11-4-1-5-12-30/h2-3,6-9,16,25,33H,1,4-5,10-15,17-20H2/t25-/m1/s1. The first-order valence-electron chi connectivity index (χ1n) is 12.8. The number of urea groups is 1. The molecule has 1 aromatic heterocycles. The molecule has 4 heterocycles. The van der Waals surface area contributed by atoms with Crippen molar-refractivity contribution in [2.75, 3.05) is 45.8 Å². The van der Waals surface area contributed by atoms with E-state index in [0.29, 0.717) is 38.3 Å². The maximum absolute atomic E-state index is 12.9. The van der Waals surface area contributed by atoms with Crippen LogP contribution in [0.3, 0.4) is 0 Å². The largest absolute Gasteiger partial charge is 0.390 e. The summed E-state index contributed by atoms with van der Waals surface area (Å²) in [6.07, 6.45) is 5.35. The van der Waals surface area contributed by atoms with Gasteiger partial charge >= 0.3 is 6.03 Å². The van der Waals surface area contributed by atoms with Crippen molar-refractivity contribution in [2.24, 2.45) is 0 Å². The molecule has 35 heavy (non-hydrogen) atoms. The summed E-state index contributed by atoms with van der Waals surface area (Å²) in [4.78, 5) is 37.7. The first-order chi connectivity index (χ1) is 17.1. The average Bonchev–Trinajstić information content (AvgIpc) is 3.23. The van der Waals surface area contributed by atoms with Crippen LogP contribution in [-0.2, 0) is 19.5 Å². The molecule has 3 aliphatic rings. The summed E-state index contributed by atoms with van der Waals surface area (Å²) < 4.78 is 0. The van der Waals surface area contributed by atoms with E-state index in [9.17, 15) is 14.7 Å². The van der Waals surface area contributed by atoms with Crippen molar-refractivity contribution in [3.05, 3.63) is 65.0 Å². The molecule has 0 radical (unpaired) electrons. The second-order valence-electron chi connectivity index (χ2n) is 9.95. The number of aliphatic hydroxyl groups is 1. The van der Waals surface area contributed by atoms with Crippen LogP contribution in [0.15, 0.2) is 42.6 Å². The Bertz CT molecular complexity index is 1040. The van der Waals surface area contributed by atoms with E-state index in [1.807, 2.05) is 17.0 Å². The molecule has 8 heteroatoms. The zero-order chi connectivity index (χ0) is 24.2. The van der Waals surface area contributed by atoms with Gasteiger partial charge in [-0.2, -0.15) is 0 Å². The molecule has 3 amide bonds. The Kier molecular flexibility index (Phi) is 7.29. The molecule has 186 valence electrons. The van der Waals surface area contributed by atoms with Gasteiger partial charge in [0.2, 0.25) is 0 Å². The Morgan fingerprint density at radius 3 is 2.46 bits per heavy atom. The summed E-state index contributed by atoms with van der Waals surface area (Å²) in [5, 5.41) is 10.7. The average molecular weight is 478 g/mol. The number of hydrogen-bond acceptors (Lipinski definition) is 5. The minimum atomic E-state index is -0.581. The fourth-order valence-corrected chi connectivity index (χ4v) is 5.39. The number of amides is 3. The van der Waals surface area contributed by atoms with E-state index in [4.69, 9.17) is 0 Å². The molecule has 0 saturated carbocycles. The van der Waals surface area contributed by atoms with Crippen LogP contribution in [0.2, 0.25) is 0 Å². The predicted molar refractivity (Wildman–Crippen MR) is 133 cm³/mol. The molecule has 0 aliphatic carbocycles. The third kappa shape index (κ3) is 5.65. The Labute approximate surface area is 207 Å². The van der Waals surface area contributed by atoms with E-state index in [0.717, 1.165) is 51.1 Å². The number of β-amino-alcohol motifs (C(OH)–C–C–N with tert-alkyl or cyclic N) is 1. The number of benzene rings is 1. The summed E-state index contributed by atoms with van der Waals surface area (Å²) in [6, 6.07) is 12.1. The van der Waals surface area contributed by atoms with Gasteiger partial charge in [-0.15, -0.1) is 0 Å². The number of pyridine rings is 1. The Morgan fingerprint density at radius 2 is 1.69 bits per heavy atom. The lowest BCUT2D eigenvalue weighted by Gasteiger charge is -2.31. The molecule has 0 unspecified atom stereocenters. The molecule has 1 aromatic carbocycles. The van der Waals surface area contributed by atoms with Gasteiger partial charge in [-0.1, -0.05) is 24.3 Å². The minimum absolute atomic E-state index is 0.0401. The normalized spacial score (nSPS) is 19.7. The molecule has 3 aliphatic heterocycles. The number of likely N-dealkylation sites (tertiary alicyclic amines) is 1. The summed E-state index contributed by atoms with van der Waals surface area (Å²) in [5.74, 6) is 0.0401. The van der Waals surface area contributed by atoms with Crippen molar-refractivity contribution < 1.29 is 14.7 Å². The van der Waals surface area contributed by atoms with Crippen molar-refractivity contribution in [1.29, 1.82) is 0 Å². The molecular weight excluding hydrogens is 442 g/mol. The van der Waals surface area contributed by atoms with E-state index >= 15 is 0 Å². The van der Waals surface area contributed by atoms with Gasteiger partial charge in [0.1, 0.15) is 0 Å². The molecule has 5 rings (SSSR count). The van der Waals surface area contributed by atoms with E-state index in [1.165, 1.54) is 17.5 Å². The van der Waals surface area contributed by atoms with Crippen LogP contribution in [0.5, 0.6) is 0 Å². The molecule has 2 aromatic rings. The van der Waals surface area contributed by atoms with Gasteiger partial charge in [0.15, 0.2) is 0 Å². The quantitative estimate of drug-likeness (QED) is 0.662. The molecule has 1 atom stereocenters. The summed E-state index contributed by atoms with van der Waals surface area (Å²) >= 11 is 0. The first kappa shape index (κ1) is 23.8. The fraction of sp³-hybridized carbons (Fsp3) is 0.519. The van der Waals surface area contributed by atoms with Crippen molar-refractivity contribution in [2.45, 2.75) is 44.9 Å². The van der Waals surface area contributed by atoms with Crippen molar-refractivity contribution in [1.82, 2.24) is 24.6 Å². The molecule has 2 saturated heterocycles. The van der Waals surface area contributed by atoms with Crippen LogP contribution in [0.4, 0.5) is 4.79 Å². The van der Waals surface area contributed by atoms with Crippen LogP contribution in [-0.4, -0.2) is 93.5 Å². The second kappa shape index (κ2) is 10.7. The Hall–Kier alpha value is -2.97. The molecule has 8 nitrogen and oxygen atoms in total. The van der Waals surface area contributed by atoms with Crippen molar-refractivity contribution >= 4 is 11.9 Å². The highest BCUT2D eigenvalue weighted by Gasteiger charge is 2.31. The zero-order valence-electron chi connectivity index (χ0n) is 20.3. The lowest BCUT2D eigenvalue weighted by Crippen LogP contribution is -2.43. The SMILES string of the molecule is O=C(c1ccc(CN2CCN(C[C@H](O)CN3CCc4ccccc4C3)C2=O)nc1)N1CCCCC1. The van der Waals surface area contributed by atoms with E-state index in [2.05, 4.69) is 34.1 Å². The molecule has 1 N–H and O–H groups in total. The van der Waals surface area contributed by atoms with Crippen LogP contribution in [0.1, 0.15) is 46.4 Å². The van der Waals surface area contributed by atoms with Crippen LogP contribution in [0.25, 0.3) is 0 Å². The maximum Gasteiger partial charge on any atom is 0.320 e. The fourth-order valence-electron chi connectivity index (χ4n) is 5.39. The van der Waals surface area contributed by atoms with Crippen LogP contribution < -0.4 is 0 Å². The van der Waals surface area contributed by atoms with Gasteiger partial charge in [-0.3, -0.25) is 14.7 Å². The topological polar surface area (TPSA) is 80.2 Å². The second-order valence-corrected chi connectivity index (χ2v) is 9.95. The number of piperidine rings is 1. The van der Waals surface area contributed by atoms with E-state index in [-0.39, 0.29) is 11.9 Å². The third-order valence-electron chi connectivity index (χ3n) is 7.36. The van der Waals surface area contributed by atoms with Crippen LogP contribution >= 0.6 is 0 Å². The zero-order valence-corrected chi connectivity index (χ0v) is 20.3. The number of rotatable bonds is 7. The van der Waals surface area contributed by atoms with Gasteiger partial charge in [-0.05, 0) is 48.9 Å². The summed E-state index contributed by atoms with van der Waals surface area (Å²) in [5.41, 5.74) is 4.09. The number of fused-ring (bicyclic) bond motifs is 1. The molecule has 2 fully saturated rings. The number of hydrogen-bond donors (Lipinski definition) is 1. The molecular formula is C27H35N5O3. The first-order valence-corrected chi connectivity index (χ1v) is 12.8. The maximum atomic E-state index is 12.9. The summed E-state index contributed by atoms with van der Waals surface area (Å²) in [6.45, 7) is 5.92. The number of carbonyl (C=O) groups is 2. The lowest BCUT2D eigenvalue weighted by molar-refractivity contribution is 0.0723. The minimum Gasteiger partial charge on any atom is -0.390 e. The molecule has 0 spiro atoms. The number of aliphatic hydroxyl groups excluding tert-OH is 1. The monoisotopic (exact) mass is 477 g/mol. The van der Waals surface area contributed by atoms with Crippen molar-refractivity contribution in [3.63, 3.8) is 0 Å². The van der Waals surface area contributed by atoms with Gasteiger partial charge < -0.3 is 19.8 Å². The predicted octanol–water partition coefficient (Wildman–Crippen LogP) is 2.36. The number of carbonyl (C=O) groups excluding carboxylic acids is 2. The van der Waals surface area contributed by atoms with Crippen LogP contribution in [0, 0.1) is 0 Å².